The Bertz CT molecular complexity index is 552. The summed E-state index contributed by atoms with van der Waals surface area (Å²) in [7, 11) is 0. The minimum atomic E-state index is 0.441. The third kappa shape index (κ3) is 4.90. The van der Waals surface area contributed by atoms with Gasteiger partial charge < -0.3 is 11.1 Å². The number of pyridine rings is 1. The first-order chi connectivity index (χ1) is 9.74. The van der Waals surface area contributed by atoms with E-state index in [4.69, 9.17) is 17.3 Å². The van der Waals surface area contributed by atoms with E-state index >= 15 is 0 Å². The molecule has 0 aliphatic carbocycles. The Morgan fingerprint density at radius 3 is 2.70 bits per heavy atom. The number of nitrogens with one attached hydrogen (secondary N) is 1. The third-order valence-corrected chi connectivity index (χ3v) is 3.01. The van der Waals surface area contributed by atoms with Crippen molar-refractivity contribution in [1.82, 2.24) is 10.3 Å². The summed E-state index contributed by atoms with van der Waals surface area (Å²) >= 11 is 5.82. The van der Waals surface area contributed by atoms with E-state index in [9.17, 15) is 0 Å². The smallest absolute Gasteiger partial charge is 0.188 e. The van der Waals surface area contributed by atoms with Crippen molar-refractivity contribution in [2.45, 2.75) is 13.0 Å². The fraction of sp³-hybridized carbons (Fsp3) is 0.200. The largest absolute Gasteiger partial charge is 0.370 e. The van der Waals surface area contributed by atoms with Crippen LogP contribution in [-0.2, 0) is 13.0 Å². The first-order valence-electron chi connectivity index (χ1n) is 6.42. The minimum absolute atomic E-state index is 0.441. The van der Waals surface area contributed by atoms with Crippen molar-refractivity contribution in [3.05, 3.63) is 64.9 Å². The van der Waals surface area contributed by atoms with Crippen molar-refractivity contribution < 1.29 is 0 Å². The standard InChI is InChI=1S/C15H17ClN4/c16-13-6-4-12(5-7-13)11-20-15(17)19-10-8-14-3-1-2-9-18-14/h1-7,9H,8,10-11H2,(H3,17,19,20). The maximum Gasteiger partial charge on any atom is 0.188 e. The molecule has 0 bridgehead atoms. The average Bonchev–Trinajstić information content (AvgIpc) is 2.48. The van der Waals surface area contributed by atoms with Gasteiger partial charge in [-0.05, 0) is 29.8 Å². The summed E-state index contributed by atoms with van der Waals surface area (Å²) in [6.07, 6.45) is 2.60. The fourth-order valence-corrected chi connectivity index (χ4v) is 1.81. The molecule has 0 aliphatic heterocycles. The molecule has 0 unspecified atom stereocenters. The number of halogens is 1. The van der Waals surface area contributed by atoms with Crippen molar-refractivity contribution in [3.63, 3.8) is 0 Å². The van der Waals surface area contributed by atoms with E-state index in [0.717, 1.165) is 22.7 Å². The van der Waals surface area contributed by atoms with Crippen LogP contribution in [0.15, 0.2) is 53.7 Å². The van der Waals surface area contributed by atoms with E-state index in [1.165, 1.54) is 0 Å². The van der Waals surface area contributed by atoms with Crippen LogP contribution in [0.2, 0.25) is 5.02 Å². The van der Waals surface area contributed by atoms with E-state index in [-0.39, 0.29) is 0 Å². The Labute approximate surface area is 123 Å². The van der Waals surface area contributed by atoms with Crippen LogP contribution in [0.25, 0.3) is 0 Å². The number of nitrogens with two attached hydrogens (primary N) is 1. The Kier molecular flexibility index (Phi) is 5.38. The van der Waals surface area contributed by atoms with Gasteiger partial charge in [-0.15, -0.1) is 0 Å². The first kappa shape index (κ1) is 14.3. The number of guanidine groups is 1. The van der Waals surface area contributed by atoms with Crippen LogP contribution in [0, 0.1) is 0 Å². The highest BCUT2D eigenvalue weighted by atomic mass is 35.5. The molecule has 1 heterocycles. The van der Waals surface area contributed by atoms with Crippen LogP contribution in [0.4, 0.5) is 0 Å². The van der Waals surface area contributed by atoms with Crippen molar-refractivity contribution in [1.29, 1.82) is 0 Å². The van der Waals surface area contributed by atoms with E-state index in [2.05, 4.69) is 15.3 Å². The second kappa shape index (κ2) is 7.50. The van der Waals surface area contributed by atoms with E-state index in [0.29, 0.717) is 19.0 Å². The Balaban J connectivity index is 1.75. The van der Waals surface area contributed by atoms with Crippen LogP contribution < -0.4 is 11.1 Å². The lowest BCUT2D eigenvalue weighted by molar-refractivity contribution is 0.827. The zero-order chi connectivity index (χ0) is 14.2. The topological polar surface area (TPSA) is 63.3 Å². The molecule has 0 aliphatic rings. The summed E-state index contributed by atoms with van der Waals surface area (Å²) < 4.78 is 0. The predicted octanol–water partition coefficient (Wildman–Crippen LogP) is 2.38. The van der Waals surface area contributed by atoms with Crippen molar-refractivity contribution in [2.75, 3.05) is 6.54 Å². The quantitative estimate of drug-likeness (QED) is 0.656. The van der Waals surface area contributed by atoms with Gasteiger partial charge in [0.2, 0.25) is 0 Å². The maximum atomic E-state index is 5.82. The lowest BCUT2D eigenvalue weighted by Gasteiger charge is -2.05. The molecule has 4 nitrogen and oxygen atoms in total. The van der Waals surface area contributed by atoms with E-state index in [1.54, 1.807) is 6.20 Å². The average molecular weight is 289 g/mol. The predicted molar refractivity (Wildman–Crippen MR) is 82.7 cm³/mol. The van der Waals surface area contributed by atoms with Gasteiger partial charge >= 0.3 is 0 Å². The zero-order valence-electron chi connectivity index (χ0n) is 11.1. The minimum Gasteiger partial charge on any atom is -0.370 e. The van der Waals surface area contributed by atoms with Gasteiger partial charge in [0.15, 0.2) is 5.96 Å². The van der Waals surface area contributed by atoms with Crippen LogP contribution in [-0.4, -0.2) is 17.5 Å². The highest BCUT2D eigenvalue weighted by Crippen LogP contribution is 2.09. The summed E-state index contributed by atoms with van der Waals surface area (Å²) in [4.78, 5) is 8.52. The second-order valence-electron chi connectivity index (χ2n) is 4.33. The monoisotopic (exact) mass is 288 g/mol. The molecule has 5 heteroatoms. The van der Waals surface area contributed by atoms with Gasteiger partial charge in [-0.2, -0.15) is 0 Å². The van der Waals surface area contributed by atoms with Crippen LogP contribution in [0.1, 0.15) is 11.3 Å². The highest BCUT2D eigenvalue weighted by molar-refractivity contribution is 6.30. The fourth-order valence-electron chi connectivity index (χ4n) is 1.69. The molecular weight excluding hydrogens is 272 g/mol. The zero-order valence-corrected chi connectivity index (χ0v) is 11.8. The molecule has 1 aromatic carbocycles. The molecule has 3 N–H and O–H groups in total. The number of hydrogen-bond acceptors (Lipinski definition) is 2. The van der Waals surface area contributed by atoms with Gasteiger partial charge in [-0.25, -0.2) is 4.99 Å². The van der Waals surface area contributed by atoms with Gasteiger partial charge in [-0.3, -0.25) is 4.98 Å². The Morgan fingerprint density at radius 2 is 2.00 bits per heavy atom. The van der Waals surface area contributed by atoms with E-state index < -0.39 is 0 Å². The molecule has 0 spiro atoms. The number of aromatic nitrogens is 1. The molecule has 0 saturated carbocycles. The molecule has 0 radical (unpaired) electrons. The van der Waals surface area contributed by atoms with Crippen molar-refractivity contribution in [3.8, 4) is 0 Å². The summed E-state index contributed by atoms with van der Waals surface area (Å²) in [6.45, 7) is 1.26. The first-order valence-corrected chi connectivity index (χ1v) is 6.80. The molecular formula is C15H17ClN4. The molecule has 0 fully saturated rings. The summed E-state index contributed by atoms with van der Waals surface area (Å²) in [5.41, 5.74) is 7.91. The van der Waals surface area contributed by atoms with Crippen LogP contribution >= 0.6 is 11.6 Å². The third-order valence-electron chi connectivity index (χ3n) is 2.76. The molecule has 2 rings (SSSR count). The second-order valence-corrected chi connectivity index (χ2v) is 4.76. The van der Waals surface area contributed by atoms with Gasteiger partial charge in [-0.1, -0.05) is 29.8 Å². The normalized spacial score (nSPS) is 11.3. The molecule has 0 amide bonds. The summed E-state index contributed by atoms with van der Waals surface area (Å²) in [5, 5.41) is 3.80. The molecule has 1 aromatic heterocycles. The molecule has 0 saturated heterocycles. The van der Waals surface area contributed by atoms with Crippen molar-refractivity contribution >= 4 is 17.6 Å². The SMILES string of the molecule is NC(=NCc1ccc(Cl)cc1)NCCc1ccccn1. The molecule has 104 valence electrons. The van der Waals surface area contributed by atoms with Crippen molar-refractivity contribution in [2.24, 2.45) is 10.7 Å². The van der Waals surface area contributed by atoms with Crippen LogP contribution in [0.5, 0.6) is 0 Å². The number of rotatable bonds is 5. The Hall–Kier alpha value is -2.07. The maximum absolute atomic E-state index is 5.82. The molecule has 2 aromatic rings. The molecule has 20 heavy (non-hydrogen) atoms. The summed E-state index contributed by atoms with van der Waals surface area (Å²) in [5.74, 6) is 0.441. The summed E-state index contributed by atoms with van der Waals surface area (Å²) in [6, 6.07) is 13.4. The van der Waals surface area contributed by atoms with E-state index in [1.807, 2.05) is 42.5 Å². The van der Waals surface area contributed by atoms with Gasteiger partial charge in [0.05, 0.1) is 6.54 Å². The number of aliphatic imine (C=N–C) groups is 1. The lowest BCUT2D eigenvalue weighted by atomic mass is 10.2. The van der Waals surface area contributed by atoms with Gasteiger partial charge in [0.25, 0.3) is 0 Å². The lowest BCUT2D eigenvalue weighted by Crippen LogP contribution is -2.33. The molecule has 0 atom stereocenters. The van der Waals surface area contributed by atoms with Gasteiger partial charge in [0, 0.05) is 29.9 Å². The van der Waals surface area contributed by atoms with Gasteiger partial charge in [0.1, 0.15) is 0 Å². The number of benzene rings is 1. The highest BCUT2D eigenvalue weighted by Gasteiger charge is 1.96. The Morgan fingerprint density at radius 1 is 1.20 bits per heavy atom. The van der Waals surface area contributed by atoms with Crippen LogP contribution in [0.3, 0.4) is 0 Å². The number of hydrogen-bond donors (Lipinski definition) is 2. The number of nitrogens with zero attached hydrogens (tertiary/aromatic N) is 2.